The number of halogens is 1. The van der Waals surface area contributed by atoms with E-state index < -0.39 is 0 Å². The Morgan fingerprint density at radius 2 is 1.79 bits per heavy atom. The number of amides is 1. The zero-order chi connectivity index (χ0) is 13.2. The highest BCUT2D eigenvalue weighted by atomic mass is 19.1. The first-order valence-electron chi connectivity index (χ1n) is 7.06. The van der Waals surface area contributed by atoms with E-state index in [0.29, 0.717) is 12.6 Å². The molecule has 1 aliphatic carbocycles. The Bertz CT molecular complexity index is 454. The van der Waals surface area contributed by atoms with Gasteiger partial charge in [-0.15, -0.1) is 0 Å². The summed E-state index contributed by atoms with van der Waals surface area (Å²) in [6, 6.07) is 6.78. The Hall–Kier alpha value is -1.42. The molecular formula is C15H19FN2O. The summed E-state index contributed by atoms with van der Waals surface area (Å²) in [7, 11) is 0. The molecule has 1 saturated carbocycles. The van der Waals surface area contributed by atoms with Crippen LogP contribution in [0.1, 0.15) is 43.8 Å². The van der Waals surface area contributed by atoms with Gasteiger partial charge in [-0.2, -0.15) is 0 Å². The molecule has 1 aromatic rings. The maximum absolute atomic E-state index is 13.0. The highest BCUT2D eigenvalue weighted by Crippen LogP contribution is 2.31. The number of carbonyl (C=O) groups is 1. The van der Waals surface area contributed by atoms with Crippen molar-refractivity contribution in [2.24, 2.45) is 0 Å². The Morgan fingerprint density at radius 1 is 1.11 bits per heavy atom. The number of hydrogen-bond donors (Lipinski definition) is 1. The van der Waals surface area contributed by atoms with Gasteiger partial charge in [0.05, 0.1) is 6.54 Å². The minimum Gasteiger partial charge on any atom is -0.319 e. The van der Waals surface area contributed by atoms with Crippen LogP contribution in [0.4, 0.5) is 4.39 Å². The van der Waals surface area contributed by atoms with Crippen LogP contribution < -0.4 is 5.32 Å². The summed E-state index contributed by atoms with van der Waals surface area (Å²) in [5.74, 6) is -0.0708. The van der Waals surface area contributed by atoms with Crippen molar-refractivity contribution in [3.8, 4) is 0 Å². The summed E-state index contributed by atoms with van der Waals surface area (Å²) in [6.07, 6.45) is 5.76. The molecule has 1 amide bonds. The number of rotatable bonds is 2. The third kappa shape index (κ3) is 2.50. The molecule has 0 bridgehead atoms. The maximum atomic E-state index is 13.0. The van der Waals surface area contributed by atoms with Gasteiger partial charge < -0.3 is 4.90 Å². The second-order valence-electron chi connectivity index (χ2n) is 5.43. The van der Waals surface area contributed by atoms with Crippen molar-refractivity contribution in [2.75, 3.05) is 6.54 Å². The molecule has 1 aromatic carbocycles. The predicted molar refractivity (Wildman–Crippen MR) is 70.9 cm³/mol. The fourth-order valence-electron chi connectivity index (χ4n) is 3.21. The lowest BCUT2D eigenvalue weighted by Gasteiger charge is -2.35. The summed E-state index contributed by atoms with van der Waals surface area (Å²) in [6.45, 7) is 0.387. The number of benzene rings is 1. The fraction of sp³-hybridized carbons (Fsp3) is 0.533. The van der Waals surface area contributed by atoms with Crippen LogP contribution >= 0.6 is 0 Å². The minimum absolute atomic E-state index is 0.0869. The molecule has 3 rings (SSSR count). The van der Waals surface area contributed by atoms with E-state index in [-0.39, 0.29) is 17.9 Å². The van der Waals surface area contributed by atoms with Crippen molar-refractivity contribution in [1.29, 1.82) is 0 Å². The summed E-state index contributed by atoms with van der Waals surface area (Å²) in [5.41, 5.74) is 0.970. The quantitative estimate of drug-likeness (QED) is 0.888. The first-order chi connectivity index (χ1) is 9.25. The van der Waals surface area contributed by atoms with Crippen LogP contribution in [-0.2, 0) is 4.79 Å². The zero-order valence-electron chi connectivity index (χ0n) is 10.9. The Balaban J connectivity index is 1.83. The van der Waals surface area contributed by atoms with Gasteiger partial charge in [-0.1, -0.05) is 31.4 Å². The Labute approximate surface area is 112 Å². The van der Waals surface area contributed by atoms with Crippen molar-refractivity contribution in [3.63, 3.8) is 0 Å². The van der Waals surface area contributed by atoms with Gasteiger partial charge in [0.15, 0.2) is 0 Å². The Morgan fingerprint density at radius 3 is 2.47 bits per heavy atom. The van der Waals surface area contributed by atoms with Crippen molar-refractivity contribution >= 4 is 5.91 Å². The van der Waals surface area contributed by atoms with E-state index in [9.17, 15) is 9.18 Å². The average Bonchev–Trinajstić information content (AvgIpc) is 2.82. The minimum atomic E-state index is -0.239. The molecule has 4 heteroatoms. The van der Waals surface area contributed by atoms with E-state index in [1.165, 1.54) is 31.4 Å². The van der Waals surface area contributed by atoms with Crippen LogP contribution in [0.3, 0.4) is 0 Å². The van der Waals surface area contributed by atoms with Crippen LogP contribution in [0, 0.1) is 5.82 Å². The van der Waals surface area contributed by atoms with Gasteiger partial charge in [-0.25, -0.2) is 4.39 Å². The van der Waals surface area contributed by atoms with Crippen LogP contribution in [0.25, 0.3) is 0 Å². The lowest BCUT2D eigenvalue weighted by molar-refractivity contribution is -0.131. The largest absolute Gasteiger partial charge is 0.319 e. The van der Waals surface area contributed by atoms with E-state index in [0.717, 1.165) is 18.4 Å². The van der Waals surface area contributed by atoms with Gasteiger partial charge in [-0.3, -0.25) is 10.1 Å². The molecule has 2 aliphatic rings. The van der Waals surface area contributed by atoms with Gasteiger partial charge in [-0.05, 0) is 30.5 Å². The predicted octanol–water partition coefficient (Wildman–Crippen LogP) is 2.59. The molecule has 1 heterocycles. The molecule has 1 saturated heterocycles. The summed E-state index contributed by atoms with van der Waals surface area (Å²) < 4.78 is 13.0. The fourth-order valence-corrected chi connectivity index (χ4v) is 3.21. The van der Waals surface area contributed by atoms with Gasteiger partial charge in [0.2, 0.25) is 5.91 Å². The number of carbonyl (C=O) groups excluding carboxylic acids is 1. The topological polar surface area (TPSA) is 32.3 Å². The molecule has 0 spiro atoms. The van der Waals surface area contributed by atoms with Crippen LogP contribution in [0.15, 0.2) is 24.3 Å². The van der Waals surface area contributed by atoms with Crippen molar-refractivity contribution < 1.29 is 9.18 Å². The second kappa shape index (κ2) is 5.29. The Kier molecular flexibility index (Phi) is 3.51. The zero-order valence-corrected chi connectivity index (χ0v) is 10.9. The van der Waals surface area contributed by atoms with Crippen molar-refractivity contribution in [1.82, 2.24) is 10.2 Å². The van der Waals surface area contributed by atoms with E-state index in [1.807, 2.05) is 4.90 Å². The van der Waals surface area contributed by atoms with Crippen molar-refractivity contribution in [3.05, 3.63) is 35.6 Å². The molecule has 1 unspecified atom stereocenters. The molecule has 1 N–H and O–H groups in total. The van der Waals surface area contributed by atoms with Gasteiger partial charge in [0.25, 0.3) is 0 Å². The molecule has 1 aliphatic heterocycles. The third-order valence-electron chi connectivity index (χ3n) is 4.17. The molecule has 0 radical (unpaired) electrons. The molecule has 102 valence electrons. The highest BCUT2D eigenvalue weighted by molar-refractivity contribution is 5.81. The number of hydrogen-bond acceptors (Lipinski definition) is 2. The maximum Gasteiger partial charge on any atom is 0.238 e. The van der Waals surface area contributed by atoms with E-state index >= 15 is 0 Å². The van der Waals surface area contributed by atoms with Crippen LogP contribution in [0.5, 0.6) is 0 Å². The van der Waals surface area contributed by atoms with Gasteiger partial charge in [0.1, 0.15) is 12.0 Å². The van der Waals surface area contributed by atoms with Gasteiger partial charge in [0, 0.05) is 6.04 Å². The van der Waals surface area contributed by atoms with Crippen LogP contribution in [0.2, 0.25) is 0 Å². The van der Waals surface area contributed by atoms with Crippen LogP contribution in [-0.4, -0.2) is 23.4 Å². The normalized spacial score (nSPS) is 25.0. The molecule has 0 aromatic heterocycles. The molecule has 3 nitrogen and oxygen atoms in total. The highest BCUT2D eigenvalue weighted by Gasteiger charge is 2.36. The summed E-state index contributed by atoms with van der Waals surface area (Å²) >= 11 is 0. The van der Waals surface area contributed by atoms with E-state index in [4.69, 9.17) is 0 Å². The number of nitrogens with zero attached hydrogens (tertiary/aromatic N) is 1. The van der Waals surface area contributed by atoms with Crippen molar-refractivity contribution in [2.45, 2.75) is 44.3 Å². The first-order valence-corrected chi connectivity index (χ1v) is 7.06. The van der Waals surface area contributed by atoms with Gasteiger partial charge >= 0.3 is 0 Å². The first kappa shape index (κ1) is 12.6. The van der Waals surface area contributed by atoms with E-state index in [1.54, 1.807) is 12.1 Å². The monoisotopic (exact) mass is 262 g/mol. The molecular weight excluding hydrogens is 243 g/mol. The SMILES string of the molecule is O=C1CNC(c2ccc(F)cc2)N1C1CCCCC1. The molecule has 1 atom stereocenters. The average molecular weight is 262 g/mol. The van der Waals surface area contributed by atoms with E-state index in [2.05, 4.69) is 5.32 Å². The summed E-state index contributed by atoms with van der Waals surface area (Å²) in [4.78, 5) is 14.1. The lowest BCUT2D eigenvalue weighted by atomic mass is 9.93. The second-order valence-corrected chi connectivity index (χ2v) is 5.43. The summed E-state index contributed by atoms with van der Waals surface area (Å²) in [5, 5.41) is 3.24. The molecule has 19 heavy (non-hydrogen) atoms. The number of nitrogens with one attached hydrogen (secondary N) is 1. The smallest absolute Gasteiger partial charge is 0.238 e. The third-order valence-corrected chi connectivity index (χ3v) is 4.17. The lowest BCUT2D eigenvalue weighted by Crippen LogP contribution is -2.40. The molecule has 2 fully saturated rings. The standard InChI is InChI=1S/C15H19FN2O/c16-12-8-6-11(7-9-12)15-17-10-14(19)18(15)13-4-2-1-3-5-13/h6-9,13,15,17H,1-5,10H2.